The summed E-state index contributed by atoms with van der Waals surface area (Å²) in [6.45, 7) is 1.74. The van der Waals surface area contributed by atoms with Crippen molar-refractivity contribution in [1.82, 2.24) is 4.90 Å². The van der Waals surface area contributed by atoms with Crippen molar-refractivity contribution in [2.24, 2.45) is 0 Å². The first-order chi connectivity index (χ1) is 9.55. The monoisotopic (exact) mass is 329 g/mol. The highest BCUT2D eigenvalue weighted by Crippen LogP contribution is 2.40. The van der Waals surface area contributed by atoms with Crippen molar-refractivity contribution in [2.45, 2.75) is 16.2 Å². The molecule has 2 heterocycles. The second-order valence-corrected chi connectivity index (χ2v) is 9.81. The fraction of sp³-hybridized carbons (Fsp3) is 0.571. The third-order valence-electron chi connectivity index (χ3n) is 3.94. The molecule has 0 amide bonds. The summed E-state index contributed by atoms with van der Waals surface area (Å²) >= 11 is 3.64. The van der Waals surface area contributed by atoms with E-state index in [-0.39, 0.29) is 5.37 Å². The molecule has 1 aromatic rings. The van der Waals surface area contributed by atoms with Crippen LogP contribution in [0.3, 0.4) is 0 Å². The Morgan fingerprint density at radius 3 is 2.90 bits per heavy atom. The average molecular weight is 330 g/mol. The third kappa shape index (κ3) is 3.03. The minimum Gasteiger partial charge on any atom is -0.285 e. The van der Waals surface area contributed by atoms with Crippen molar-refractivity contribution in [2.75, 3.05) is 36.6 Å². The maximum Gasteiger partial charge on any atom is 0.164 e. The van der Waals surface area contributed by atoms with Crippen LogP contribution in [0.2, 0.25) is 0 Å². The Kier molecular flexibility index (Phi) is 4.36. The van der Waals surface area contributed by atoms with E-state index in [4.69, 9.17) is 0 Å². The number of nitrogens with zero attached hydrogens (tertiary/aromatic N) is 1. The lowest BCUT2D eigenvalue weighted by Crippen LogP contribution is -2.48. The van der Waals surface area contributed by atoms with Crippen molar-refractivity contribution < 1.29 is 8.42 Å². The molecule has 2 atom stereocenters. The number of thioether (sulfide) groups is 2. The lowest BCUT2D eigenvalue weighted by Gasteiger charge is -2.35. The summed E-state index contributed by atoms with van der Waals surface area (Å²) in [6, 6.07) is 8.51. The van der Waals surface area contributed by atoms with Crippen LogP contribution in [0.5, 0.6) is 0 Å². The van der Waals surface area contributed by atoms with Crippen molar-refractivity contribution >= 4 is 33.4 Å². The standard InChI is InChI=1S/C14H19NO2S3/c1-20(16,17)14-10-18-7-6-15(14)8-11-9-19-13-5-3-2-4-12(11)13/h2-5,11,14H,6-10H2,1H3. The molecule has 0 spiro atoms. The average Bonchev–Trinajstić information content (AvgIpc) is 2.82. The molecule has 0 saturated carbocycles. The summed E-state index contributed by atoms with van der Waals surface area (Å²) in [5.41, 5.74) is 1.39. The van der Waals surface area contributed by atoms with Gasteiger partial charge in [0.15, 0.2) is 9.84 Å². The lowest BCUT2D eigenvalue weighted by molar-refractivity contribution is 0.259. The Labute approximate surface area is 129 Å². The smallest absolute Gasteiger partial charge is 0.164 e. The molecule has 1 saturated heterocycles. The van der Waals surface area contributed by atoms with Gasteiger partial charge in [0.05, 0.1) is 0 Å². The van der Waals surface area contributed by atoms with Crippen LogP contribution in [-0.2, 0) is 9.84 Å². The van der Waals surface area contributed by atoms with E-state index in [0.29, 0.717) is 11.7 Å². The topological polar surface area (TPSA) is 37.4 Å². The van der Waals surface area contributed by atoms with E-state index < -0.39 is 9.84 Å². The molecule has 2 aliphatic rings. The minimum atomic E-state index is -3.00. The van der Waals surface area contributed by atoms with Crippen LogP contribution in [0.4, 0.5) is 0 Å². The molecule has 6 heteroatoms. The van der Waals surface area contributed by atoms with E-state index >= 15 is 0 Å². The predicted octanol–water partition coefficient (Wildman–Crippen LogP) is 2.30. The second-order valence-electron chi connectivity index (χ2n) is 5.40. The highest BCUT2D eigenvalue weighted by Gasteiger charge is 2.34. The van der Waals surface area contributed by atoms with Gasteiger partial charge in [-0.3, -0.25) is 4.90 Å². The quantitative estimate of drug-likeness (QED) is 0.850. The first-order valence-electron chi connectivity index (χ1n) is 6.78. The van der Waals surface area contributed by atoms with Crippen molar-refractivity contribution in [1.29, 1.82) is 0 Å². The molecule has 0 N–H and O–H groups in total. The largest absolute Gasteiger partial charge is 0.285 e. The molecule has 3 nitrogen and oxygen atoms in total. The van der Waals surface area contributed by atoms with Crippen LogP contribution in [0.1, 0.15) is 11.5 Å². The summed E-state index contributed by atoms with van der Waals surface area (Å²) in [7, 11) is -3.00. The van der Waals surface area contributed by atoms with E-state index in [0.717, 1.165) is 24.6 Å². The molecular formula is C14H19NO2S3. The predicted molar refractivity (Wildman–Crippen MR) is 87.4 cm³/mol. The molecule has 0 bridgehead atoms. The first kappa shape index (κ1) is 14.8. The SMILES string of the molecule is CS(=O)(=O)C1CSCCN1CC1CSc2ccccc21. The van der Waals surface area contributed by atoms with Gasteiger partial charge in [-0.15, -0.1) is 11.8 Å². The van der Waals surface area contributed by atoms with Crippen LogP contribution in [0.15, 0.2) is 29.2 Å². The van der Waals surface area contributed by atoms with Crippen molar-refractivity contribution in [3.8, 4) is 0 Å². The second kappa shape index (κ2) is 5.91. The highest BCUT2D eigenvalue weighted by atomic mass is 32.2. The Morgan fingerprint density at radius 2 is 2.10 bits per heavy atom. The summed E-state index contributed by atoms with van der Waals surface area (Å²) in [6.07, 6.45) is 1.37. The van der Waals surface area contributed by atoms with E-state index in [9.17, 15) is 8.42 Å². The highest BCUT2D eigenvalue weighted by molar-refractivity contribution is 8.01. The molecule has 0 aromatic heterocycles. The van der Waals surface area contributed by atoms with E-state index in [2.05, 4.69) is 29.2 Å². The summed E-state index contributed by atoms with van der Waals surface area (Å²) in [5.74, 6) is 3.27. The molecule has 1 fully saturated rings. The minimum absolute atomic E-state index is 0.306. The molecule has 20 heavy (non-hydrogen) atoms. The van der Waals surface area contributed by atoms with Crippen LogP contribution < -0.4 is 0 Å². The van der Waals surface area contributed by atoms with Gasteiger partial charge in [0.1, 0.15) is 5.37 Å². The molecule has 1 aromatic carbocycles. The first-order valence-corrected chi connectivity index (χ1v) is 10.9. The number of sulfone groups is 1. The maximum atomic E-state index is 12.0. The van der Waals surface area contributed by atoms with Crippen LogP contribution in [0.25, 0.3) is 0 Å². The van der Waals surface area contributed by atoms with Gasteiger partial charge >= 0.3 is 0 Å². The van der Waals surface area contributed by atoms with Crippen LogP contribution in [-0.4, -0.2) is 55.3 Å². The Morgan fingerprint density at radius 1 is 1.30 bits per heavy atom. The number of rotatable bonds is 3. The normalized spacial score (nSPS) is 27.4. The van der Waals surface area contributed by atoms with Crippen molar-refractivity contribution in [3.05, 3.63) is 29.8 Å². The van der Waals surface area contributed by atoms with Gasteiger partial charge in [0.25, 0.3) is 0 Å². The van der Waals surface area contributed by atoms with E-state index in [1.54, 1.807) is 11.8 Å². The van der Waals surface area contributed by atoms with Gasteiger partial charge < -0.3 is 0 Å². The number of hydrogen-bond donors (Lipinski definition) is 0. The molecular weight excluding hydrogens is 310 g/mol. The van der Waals surface area contributed by atoms with Crippen LogP contribution >= 0.6 is 23.5 Å². The third-order valence-corrected chi connectivity index (χ3v) is 7.88. The van der Waals surface area contributed by atoms with Crippen LogP contribution in [0, 0.1) is 0 Å². The molecule has 2 unspecified atom stereocenters. The molecule has 2 aliphatic heterocycles. The fourth-order valence-electron chi connectivity index (χ4n) is 2.88. The van der Waals surface area contributed by atoms with Gasteiger partial charge in [-0.2, -0.15) is 11.8 Å². The zero-order valence-electron chi connectivity index (χ0n) is 11.5. The van der Waals surface area contributed by atoms with E-state index in [1.165, 1.54) is 16.7 Å². The van der Waals surface area contributed by atoms with Gasteiger partial charge in [0.2, 0.25) is 0 Å². The lowest BCUT2D eigenvalue weighted by atomic mass is 10.0. The Bertz CT molecular complexity index is 588. The molecule has 110 valence electrons. The van der Waals surface area contributed by atoms with Gasteiger partial charge in [-0.05, 0) is 11.6 Å². The molecule has 0 radical (unpaired) electrons. The Balaban J connectivity index is 1.77. The number of fused-ring (bicyclic) bond motifs is 1. The zero-order valence-corrected chi connectivity index (χ0v) is 13.9. The summed E-state index contributed by atoms with van der Waals surface area (Å²) < 4.78 is 23.9. The molecule has 0 aliphatic carbocycles. The maximum absolute atomic E-state index is 12.0. The number of benzene rings is 1. The molecule has 3 rings (SSSR count). The van der Waals surface area contributed by atoms with Gasteiger partial charge in [-0.25, -0.2) is 8.42 Å². The van der Waals surface area contributed by atoms with Crippen molar-refractivity contribution in [3.63, 3.8) is 0 Å². The van der Waals surface area contributed by atoms with Gasteiger partial charge in [-0.1, -0.05) is 18.2 Å². The van der Waals surface area contributed by atoms with Gasteiger partial charge in [0, 0.05) is 47.4 Å². The Hall–Kier alpha value is -0.170. The number of hydrogen-bond acceptors (Lipinski definition) is 5. The fourth-order valence-corrected chi connectivity index (χ4v) is 7.08. The zero-order chi connectivity index (χ0) is 14.2. The van der Waals surface area contributed by atoms with E-state index in [1.807, 2.05) is 11.8 Å². The summed E-state index contributed by atoms with van der Waals surface area (Å²) in [5, 5.41) is -0.306. The summed E-state index contributed by atoms with van der Waals surface area (Å²) in [4.78, 5) is 3.54.